The summed E-state index contributed by atoms with van der Waals surface area (Å²) < 4.78 is 10.5. The SMILES string of the molecule is COc1ccc(C(=O)Nc2n[nH]c3cc(-c4cccc(C#N)c4)ccc23)c(OC)c1. The molecule has 0 aliphatic rings. The Morgan fingerprint density at radius 2 is 1.87 bits per heavy atom. The number of H-pyrrole nitrogens is 1. The fourth-order valence-corrected chi connectivity index (χ4v) is 3.22. The Hall–Kier alpha value is -4.31. The minimum Gasteiger partial charge on any atom is -0.497 e. The Morgan fingerprint density at radius 3 is 2.63 bits per heavy atom. The summed E-state index contributed by atoms with van der Waals surface area (Å²) in [5.74, 6) is 1.09. The molecule has 4 rings (SSSR count). The van der Waals surface area contributed by atoms with Gasteiger partial charge in [0.1, 0.15) is 11.5 Å². The van der Waals surface area contributed by atoms with Gasteiger partial charge in [0.05, 0.1) is 36.9 Å². The molecule has 2 N–H and O–H groups in total. The normalized spacial score (nSPS) is 10.4. The van der Waals surface area contributed by atoms with Gasteiger partial charge in [0.2, 0.25) is 0 Å². The number of nitrogens with zero attached hydrogens (tertiary/aromatic N) is 2. The minimum atomic E-state index is -0.339. The molecule has 30 heavy (non-hydrogen) atoms. The zero-order chi connectivity index (χ0) is 21.1. The number of rotatable bonds is 5. The molecule has 0 saturated heterocycles. The summed E-state index contributed by atoms with van der Waals surface area (Å²) in [4.78, 5) is 12.8. The first-order valence-corrected chi connectivity index (χ1v) is 9.15. The van der Waals surface area contributed by atoms with Crippen LogP contribution in [-0.2, 0) is 0 Å². The van der Waals surface area contributed by atoms with Crippen molar-refractivity contribution in [1.29, 1.82) is 5.26 Å². The second-order valence-corrected chi connectivity index (χ2v) is 6.55. The fourth-order valence-electron chi connectivity index (χ4n) is 3.22. The van der Waals surface area contributed by atoms with Crippen molar-refractivity contribution in [3.63, 3.8) is 0 Å². The molecule has 7 nitrogen and oxygen atoms in total. The lowest BCUT2D eigenvalue weighted by Gasteiger charge is -2.10. The molecule has 0 spiro atoms. The molecule has 7 heteroatoms. The van der Waals surface area contributed by atoms with Crippen LogP contribution in [0, 0.1) is 11.3 Å². The Labute approximate surface area is 172 Å². The number of hydrogen-bond donors (Lipinski definition) is 2. The van der Waals surface area contributed by atoms with Crippen molar-refractivity contribution >= 4 is 22.6 Å². The van der Waals surface area contributed by atoms with E-state index in [1.165, 1.54) is 7.11 Å². The monoisotopic (exact) mass is 398 g/mol. The lowest BCUT2D eigenvalue weighted by atomic mass is 10.0. The topological polar surface area (TPSA) is 100 Å². The number of carbonyl (C=O) groups excluding carboxylic acids is 1. The third-order valence-corrected chi connectivity index (χ3v) is 4.77. The maximum atomic E-state index is 12.8. The van der Waals surface area contributed by atoms with Gasteiger partial charge in [-0.05, 0) is 47.5 Å². The van der Waals surface area contributed by atoms with Gasteiger partial charge in [0, 0.05) is 11.5 Å². The number of methoxy groups -OCH3 is 2. The molecular formula is C23H18N4O3. The van der Waals surface area contributed by atoms with Gasteiger partial charge < -0.3 is 14.8 Å². The number of aromatic nitrogens is 2. The van der Waals surface area contributed by atoms with Gasteiger partial charge in [0.15, 0.2) is 5.82 Å². The third kappa shape index (κ3) is 3.54. The van der Waals surface area contributed by atoms with Crippen molar-refractivity contribution < 1.29 is 14.3 Å². The van der Waals surface area contributed by atoms with Crippen LogP contribution in [0.15, 0.2) is 60.7 Å². The Balaban J connectivity index is 1.63. The average Bonchev–Trinajstić information content (AvgIpc) is 3.20. The Morgan fingerprint density at radius 1 is 1.03 bits per heavy atom. The summed E-state index contributed by atoms with van der Waals surface area (Å²) in [6.07, 6.45) is 0. The highest BCUT2D eigenvalue weighted by atomic mass is 16.5. The molecule has 148 valence electrons. The molecule has 0 fully saturated rings. The Bertz CT molecular complexity index is 1290. The number of anilines is 1. The van der Waals surface area contributed by atoms with Gasteiger partial charge in [0.25, 0.3) is 5.91 Å². The van der Waals surface area contributed by atoms with Crippen LogP contribution in [0.1, 0.15) is 15.9 Å². The standard InChI is InChI=1S/C23H18N4O3/c1-29-17-7-9-19(21(12-17)30-2)23(28)25-22-18-8-6-16(11-20(18)26-27-22)15-5-3-4-14(10-15)13-24/h3-12H,1-2H3,(H2,25,26,27,28). The molecule has 1 heterocycles. The van der Waals surface area contributed by atoms with Crippen LogP contribution in [0.3, 0.4) is 0 Å². The molecule has 0 radical (unpaired) electrons. The van der Waals surface area contributed by atoms with Crippen LogP contribution in [0.2, 0.25) is 0 Å². The number of aromatic amines is 1. The fraction of sp³-hybridized carbons (Fsp3) is 0.0870. The van der Waals surface area contributed by atoms with Crippen molar-refractivity contribution in [3.8, 4) is 28.7 Å². The van der Waals surface area contributed by atoms with Crippen LogP contribution in [0.5, 0.6) is 11.5 Å². The maximum absolute atomic E-state index is 12.8. The summed E-state index contributed by atoms with van der Waals surface area (Å²) in [5, 5.41) is 19.9. The van der Waals surface area contributed by atoms with E-state index in [2.05, 4.69) is 21.6 Å². The first kappa shape index (κ1) is 19.0. The van der Waals surface area contributed by atoms with E-state index < -0.39 is 0 Å². The number of nitrogens with one attached hydrogen (secondary N) is 2. The molecule has 0 saturated carbocycles. The van der Waals surface area contributed by atoms with E-state index in [0.29, 0.717) is 28.4 Å². The second-order valence-electron chi connectivity index (χ2n) is 6.55. The van der Waals surface area contributed by atoms with Gasteiger partial charge >= 0.3 is 0 Å². The number of fused-ring (bicyclic) bond motifs is 1. The summed E-state index contributed by atoms with van der Waals surface area (Å²) in [6.45, 7) is 0. The lowest BCUT2D eigenvalue weighted by Crippen LogP contribution is -2.13. The number of amides is 1. The molecule has 0 aliphatic carbocycles. The summed E-state index contributed by atoms with van der Waals surface area (Å²) in [5.41, 5.74) is 3.61. The molecule has 0 unspecified atom stereocenters. The van der Waals surface area contributed by atoms with Crippen molar-refractivity contribution in [3.05, 3.63) is 71.8 Å². The van der Waals surface area contributed by atoms with Crippen molar-refractivity contribution in [1.82, 2.24) is 10.2 Å². The predicted molar refractivity (Wildman–Crippen MR) is 114 cm³/mol. The van der Waals surface area contributed by atoms with E-state index in [-0.39, 0.29) is 5.91 Å². The van der Waals surface area contributed by atoms with Crippen molar-refractivity contribution in [2.24, 2.45) is 0 Å². The van der Waals surface area contributed by atoms with Crippen molar-refractivity contribution in [2.45, 2.75) is 0 Å². The van der Waals surface area contributed by atoms with Gasteiger partial charge in [-0.25, -0.2) is 0 Å². The first-order valence-electron chi connectivity index (χ1n) is 9.15. The van der Waals surface area contributed by atoms with Gasteiger partial charge in [-0.1, -0.05) is 18.2 Å². The van der Waals surface area contributed by atoms with Gasteiger partial charge in [-0.3, -0.25) is 9.89 Å². The highest BCUT2D eigenvalue weighted by molar-refractivity contribution is 6.09. The van der Waals surface area contributed by atoms with E-state index in [1.807, 2.05) is 36.4 Å². The highest BCUT2D eigenvalue weighted by Crippen LogP contribution is 2.29. The summed E-state index contributed by atoms with van der Waals surface area (Å²) in [7, 11) is 3.05. The smallest absolute Gasteiger partial charge is 0.260 e. The maximum Gasteiger partial charge on any atom is 0.260 e. The minimum absolute atomic E-state index is 0.339. The number of carbonyl (C=O) groups is 1. The van der Waals surface area contributed by atoms with Crippen LogP contribution >= 0.6 is 0 Å². The van der Waals surface area contributed by atoms with Gasteiger partial charge in [-0.2, -0.15) is 10.4 Å². The molecular weight excluding hydrogens is 380 g/mol. The molecule has 3 aromatic carbocycles. The molecule has 0 bridgehead atoms. The molecule has 1 aromatic heterocycles. The summed E-state index contributed by atoms with van der Waals surface area (Å²) in [6, 6.07) is 20.3. The van der Waals surface area contributed by atoms with E-state index in [0.717, 1.165) is 22.0 Å². The van der Waals surface area contributed by atoms with Crippen LogP contribution in [0.25, 0.3) is 22.0 Å². The zero-order valence-corrected chi connectivity index (χ0v) is 16.4. The van der Waals surface area contributed by atoms with E-state index in [9.17, 15) is 4.79 Å². The van der Waals surface area contributed by atoms with Crippen LogP contribution in [0.4, 0.5) is 5.82 Å². The molecule has 1 amide bonds. The first-order chi connectivity index (χ1) is 14.6. The molecule has 0 atom stereocenters. The van der Waals surface area contributed by atoms with E-state index in [4.69, 9.17) is 14.7 Å². The average molecular weight is 398 g/mol. The van der Waals surface area contributed by atoms with Crippen LogP contribution < -0.4 is 14.8 Å². The Kier molecular flexibility index (Phi) is 5.06. The van der Waals surface area contributed by atoms with Crippen LogP contribution in [-0.4, -0.2) is 30.3 Å². The van der Waals surface area contributed by atoms with Crippen molar-refractivity contribution in [2.75, 3.05) is 19.5 Å². The zero-order valence-electron chi connectivity index (χ0n) is 16.4. The quantitative estimate of drug-likeness (QED) is 0.520. The second kappa shape index (κ2) is 7.97. The predicted octanol–water partition coefficient (Wildman–Crippen LogP) is 4.37. The third-order valence-electron chi connectivity index (χ3n) is 4.77. The van der Waals surface area contributed by atoms with Gasteiger partial charge in [-0.15, -0.1) is 0 Å². The number of benzene rings is 3. The largest absolute Gasteiger partial charge is 0.497 e. The van der Waals surface area contributed by atoms with E-state index in [1.54, 1.807) is 31.4 Å². The van der Waals surface area contributed by atoms with E-state index >= 15 is 0 Å². The number of nitriles is 1. The molecule has 4 aromatic rings. The summed E-state index contributed by atoms with van der Waals surface area (Å²) >= 11 is 0. The lowest BCUT2D eigenvalue weighted by molar-refractivity contribution is 0.102. The number of hydrogen-bond acceptors (Lipinski definition) is 5. The number of ether oxygens (including phenoxy) is 2. The highest BCUT2D eigenvalue weighted by Gasteiger charge is 2.16. The molecule has 0 aliphatic heterocycles.